The van der Waals surface area contributed by atoms with Gasteiger partial charge in [-0.3, -0.25) is 0 Å². The van der Waals surface area contributed by atoms with Crippen LogP contribution in [-0.2, 0) is 0 Å². The summed E-state index contributed by atoms with van der Waals surface area (Å²) in [6.07, 6.45) is 0. The number of carboxylic acids is 1. The SMILES string of the molecule is Cc1c(F)cc(O)cc1-c1cccc(C(=O)O)c1. The van der Waals surface area contributed by atoms with Crippen molar-refractivity contribution in [2.45, 2.75) is 6.92 Å². The molecule has 0 atom stereocenters. The van der Waals surface area contributed by atoms with Crippen LogP contribution < -0.4 is 0 Å². The molecule has 4 heteroatoms. The first-order valence-corrected chi connectivity index (χ1v) is 5.32. The summed E-state index contributed by atoms with van der Waals surface area (Å²) >= 11 is 0. The minimum atomic E-state index is -1.05. The first-order valence-electron chi connectivity index (χ1n) is 5.32. The molecule has 92 valence electrons. The highest BCUT2D eigenvalue weighted by atomic mass is 19.1. The van der Waals surface area contributed by atoms with Crippen LogP contribution in [0.3, 0.4) is 0 Å². The summed E-state index contributed by atoms with van der Waals surface area (Å²) in [7, 11) is 0. The van der Waals surface area contributed by atoms with E-state index in [0.29, 0.717) is 16.7 Å². The third-order valence-corrected chi connectivity index (χ3v) is 2.75. The number of carboxylic acid groups (broad SMARTS) is 1. The van der Waals surface area contributed by atoms with Crippen molar-refractivity contribution in [3.05, 3.63) is 53.3 Å². The quantitative estimate of drug-likeness (QED) is 0.855. The van der Waals surface area contributed by atoms with Gasteiger partial charge in [0.2, 0.25) is 0 Å². The third-order valence-electron chi connectivity index (χ3n) is 2.75. The number of halogens is 1. The molecule has 18 heavy (non-hydrogen) atoms. The Hall–Kier alpha value is -2.36. The predicted octanol–water partition coefficient (Wildman–Crippen LogP) is 3.20. The van der Waals surface area contributed by atoms with E-state index >= 15 is 0 Å². The van der Waals surface area contributed by atoms with Crippen molar-refractivity contribution >= 4 is 5.97 Å². The number of carbonyl (C=O) groups is 1. The van der Waals surface area contributed by atoms with E-state index < -0.39 is 11.8 Å². The van der Waals surface area contributed by atoms with Gasteiger partial charge in [-0.2, -0.15) is 0 Å². The zero-order valence-corrected chi connectivity index (χ0v) is 9.64. The maximum Gasteiger partial charge on any atom is 0.335 e. The maximum atomic E-state index is 13.5. The average Bonchev–Trinajstić information content (AvgIpc) is 2.34. The summed E-state index contributed by atoms with van der Waals surface area (Å²) in [5.41, 5.74) is 1.53. The first kappa shape index (κ1) is 12.1. The Morgan fingerprint density at radius 3 is 2.61 bits per heavy atom. The molecule has 0 unspecified atom stereocenters. The zero-order valence-electron chi connectivity index (χ0n) is 9.64. The highest BCUT2D eigenvalue weighted by Crippen LogP contribution is 2.29. The highest BCUT2D eigenvalue weighted by molar-refractivity contribution is 5.89. The van der Waals surface area contributed by atoms with Crippen molar-refractivity contribution in [3.63, 3.8) is 0 Å². The first-order chi connectivity index (χ1) is 8.49. The second-order valence-corrected chi connectivity index (χ2v) is 3.99. The number of hydrogen-bond acceptors (Lipinski definition) is 2. The fourth-order valence-corrected chi connectivity index (χ4v) is 1.78. The summed E-state index contributed by atoms with van der Waals surface area (Å²) in [5, 5.41) is 18.3. The normalized spacial score (nSPS) is 10.3. The monoisotopic (exact) mass is 246 g/mol. The van der Waals surface area contributed by atoms with E-state index in [1.165, 1.54) is 18.2 Å². The molecular formula is C14H11FO3. The topological polar surface area (TPSA) is 57.5 Å². The zero-order chi connectivity index (χ0) is 13.3. The molecule has 0 saturated carbocycles. The molecule has 0 radical (unpaired) electrons. The minimum absolute atomic E-state index is 0.121. The van der Waals surface area contributed by atoms with Gasteiger partial charge in [-0.05, 0) is 41.8 Å². The lowest BCUT2D eigenvalue weighted by molar-refractivity contribution is 0.0697. The lowest BCUT2D eigenvalue weighted by Crippen LogP contribution is -1.96. The third kappa shape index (κ3) is 2.18. The van der Waals surface area contributed by atoms with E-state index in [4.69, 9.17) is 5.11 Å². The Morgan fingerprint density at radius 2 is 1.94 bits per heavy atom. The van der Waals surface area contributed by atoms with Crippen LogP contribution in [-0.4, -0.2) is 16.2 Å². The molecule has 0 aromatic heterocycles. The van der Waals surface area contributed by atoms with Crippen LogP contribution in [0.25, 0.3) is 11.1 Å². The summed E-state index contributed by atoms with van der Waals surface area (Å²) in [4.78, 5) is 10.9. The minimum Gasteiger partial charge on any atom is -0.508 e. The van der Waals surface area contributed by atoms with E-state index in [0.717, 1.165) is 6.07 Å². The molecule has 2 aromatic rings. The van der Waals surface area contributed by atoms with Gasteiger partial charge in [0.05, 0.1) is 5.56 Å². The summed E-state index contributed by atoms with van der Waals surface area (Å²) in [6.45, 7) is 1.58. The standard InChI is InChI=1S/C14H11FO3/c1-8-12(6-11(16)7-13(8)15)9-3-2-4-10(5-9)14(17)18/h2-7,16H,1H3,(H,17,18). The molecule has 0 aliphatic heterocycles. The summed E-state index contributed by atoms with van der Waals surface area (Å²) in [5.74, 6) is -1.75. The van der Waals surface area contributed by atoms with Gasteiger partial charge in [0.15, 0.2) is 0 Å². The molecule has 0 fully saturated rings. The molecular weight excluding hydrogens is 235 g/mol. The van der Waals surface area contributed by atoms with Gasteiger partial charge in [-0.25, -0.2) is 9.18 Å². The van der Waals surface area contributed by atoms with Gasteiger partial charge >= 0.3 is 5.97 Å². The van der Waals surface area contributed by atoms with Gasteiger partial charge in [-0.1, -0.05) is 12.1 Å². The number of phenols is 1. The molecule has 0 saturated heterocycles. The second kappa shape index (κ2) is 4.49. The van der Waals surface area contributed by atoms with Crippen LogP contribution in [0.5, 0.6) is 5.75 Å². The number of rotatable bonds is 2. The molecule has 0 amide bonds. The fourth-order valence-electron chi connectivity index (χ4n) is 1.78. The number of aromatic carboxylic acids is 1. The van der Waals surface area contributed by atoms with Crippen molar-refractivity contribution in [3.8, 4) is 16.9 Å². The molecule has 0 spiro atoms. The van der Waals surface area contributed by atoms with Crippen LogP contribution in [0, 0.1) is 12.7 Å². The molecule has 0 heterocycles. The van der Waals surface area contributed by atoms with Crippen molar-refractivity contribution in [1.29, 1.82) is 0 Å². The van der Waals surface area contributed by atoms with E-state index in [1.54, 1.807) is 19.1 Å². The largest absolute Gasteiger partial charge is 0.508 e. The molecule has 2 N–H and O–H groups in total. The van der Waals surface area contributed by atoms with E-state index in [-0.39, 0.29) is 11.3 Å². The lowest BCUT2D eigenvalue weighted by atomic mass is 9.98. The van der Waals surface area contributed by atoms with Crippen LogP contribution in [0.2, 0.25) is 0 Å². The van der Waals surface area contributed by atoms with Crippen molar-refractivity contribution in [2.75, 3.05) is 0 Å². The van der Waals surface area contributed by atoms with Gasteiger partial charge in [-0.15, -0.1) is 0 Å². The molecule has 2 aromatic carbocycles. The van der Waals surface area contributed by atoms with Gasteiger partial charge in [0, 0.05) is 6.07 Å². The average molecular weight is 246 g/mol. The van der Waals surface area contributed by atoms with E-state index in [1.807, 2.05) is 0 Å². The molecule has 2 rings (SSSR count). The van der Waals surface area contributed by atoms with Crippen molar-refractivity contribution in [1.82, 2.24) is 0 Å². The Labute approximate surface area is 103 Å². The van der Waals surface area contributed by atoms with Gasteiger partial charge in [0.25, 0.3) is 0 Å². The van der Waals surface area contributed by atoms with E-state index in [2.05, 4.69) is 0 Å². The van der Waals surface area contributed by atoms with Gasteiger partial charge in [0.1, 0.15) is 11.6 Å². The molecule has 3 nitrogen and oxygen atoms in total. The molecule has 0 aliphatic rings. The Morgan fingerprint density at radius 1 is 1.22 bits per heavy atom. The number of benzene rings is 2. The second-order valence-electron chi connectivity index (χ2n) is 3.99. The van der Waals surface area contributed by atoms with Crippen molar-refractivity contribution in [2.24, 2.45) is 0 Å². The smallest absolute Gasteiger partial charge is 0.335 e. The van der Waals surface area contributed by atoms with Gasteiger partial charge < -0.3 is 10.2 Å². The lowest BCUT2D eigenvalue weighted by Gasteiger charge is -2.08. The summed E-state index contributed by atoms with van der Waals surface area (Å²) in [6, 6.07) is 8.61. The van der Waals surface area contributed by atoms with Crippen LogP contribution in [0.4, 0.5) is 4.39 Å². The number of phenolic OH excluding ortho intramolecular Hbond substituents is 1. The maximum absolute atomic E-state index is 13.5. The molecule has 0 aliphatic carbocycles. The Balaban J connectivity index is 2.62. The number of aromatic hydroxyl groups is 1. The highest BCUT2D eigenvalue weighted by Gasteiger charge is 2.10. The van der Waals surface area contributed by atoms with Crippen LogP contribution >= 0.6 is 0 Å². The predicted molar refractivity (Wildman–Crippen MR) is 65.2 cm³/mol. The van der Waals surface area contributed by atoms with Crippen molar-refractivity contribution < 1.29 is 19.4 Å². The van der Waals surface area contributed by atoms with Crippen LogP contribution in [0.1, 0.15) is 15.9 Å². The number of hydrogen-bond donors (Lipinski definition) is 2. The molecule has 0 bridgehead atoms. The fraction of sp³-hybridized carbons (Fsp3) is 0.0714. The van der Waals surface area contributed by atoms with Crippen LogP contribution in [0.15, 0.2) is 36.4 Å². The summed E-state index contributed by atoms with van der Waals surface area (Å²) < 4.78 is 13.5. The Bertz CT molecular complexity index is 620. The van der Waals surface area contributed by atoms with E-state index in [9.17, 15) is 14.3 Å². The Kier molecular flexibility index (Phi) is 3.02.